The van der Waals surface area contributed by atoms with Crippen LogP contribution in [0.2, 0.25) is 0 Å². The average Bonchev–Trinajstić information content (AvgIpc) is 2.47. The molecule has 96 valence electrons. The van der Waals surface area contributed by atoms with Crippen LogP contribution in [-0.2, 0) is 0 Å². The van der Waals surface area contributed by atoms with Crippen LogP contribution in [-0.4, -0.2) is 18.3 Å². The maximum absolute atomic E-state index is 10.4. The summed E-state index contributed by atoms with van der Waals surface area (Å²) in [6.07, 6.45) is 0.558. The first-order chi connectivity index (χ1) is 9.29. The van der Waals surface area contributed by atoms with Gasteiger partial charge >= 0.3 is 0 Å². The monoisotopic (exact) mass is 252 g/mol. The van der Waals surface area contributed by atoms with Gasteiger partial charge in [0.05, 0.1) is 13.2 Å². The van der Waals surface area contributed by atoms with E-state index in [0.717, 1.165) is 12.2 Å². The van der Waals surface area contributed by atoms with Gasteiger partial charge < -0.3 is 9.84 Å². The molecule has 0 aromatic heterocycles. The number of benzene rings is 2. The minimum atomic E-state index is -0.263. The minimum absolute atomic E-state index is 0.127. The van der Waals surface area contributed by atoms with Gasteiger partial charge in [-0.05, 0) is 40.8 Å². The number of rotatable bonds is 1. The molecule has 19 heavy (non-hydrogen) atoms. The summed E-state index contributed by atoms with van der Waals surface area (Å²) in [6.45, 7) is 0. The largest absolute Gasteiger partial charge is 0.497 e. The van der Waals surface area contributed by atoms with Crippen molar-refractivity contribution in [3.05, 3.63) is 64.7 Å². The van der Waals surface area contributed by atoms with Crippen LogP contribution < -0.4 is 4.74 Å². The van der Waals surface area contributed by atoms with E-state index in [1.807, 2.05) is 6.07 Å². The predicted molar refractivity (Wildman–Crippen MR) is 73.7 cm³/mol. The quantitative estimate of drug-likeness (QED) is 0.845. The summed E-state index contributed by atoms with van der Waals surface area (Å²) in [6, 6.07) is 14.7. The lowest BCUT2D eigenvalue weighted by Gasteiger charge is -2.43. The second kappa shape index (κ2) is 3.84. The minimum Gasteiger partial charge on any atom is -0.497 e. The molecular weight excluding hydrogens is 236 g/mol. The summed E-state index contributed by atoms with van der Waals surface area (Å²) in [5.41, 5.74) is 5.26. The summed E-state index contributed by atoms with van der Waals surface area (Å²) >= 11 is 0. The Hall–Kier alpha value is -1.80. The van der Waals surface area contributed by atoms with E-state index in [-0.39, 0.29) is 12.0 Å². The number of hydrogen-bond acceptors (Lipinski definition) is 2. The zero-order chi connectivity index (χ0) is 13.0. The second-order valence-corrected chi connectivity index (χ2v) is 5.46. The summed E-state index contributed by atoms with van der Waals surface area (Å²) in [5, 5.41) is 10.4. The Kier molecular flexibility index (Phi) is 2.24. The Morgan fingerprint density at radius 1 is 1.00 bits per heavy atom. The first kappa shape index (κ1) is 11.1. The fourth-order valence-electron chi connectivity index (χ4n) is 3.76. The van der Waals surface area contributed by atoms with Gasteiger partial charge in [0.2, 0.25) is 0 Å². The summed E-state index contributed by atoms with van der Waals surface area (Å²) in [4.78, 5) is 0. The zero-order valence-electron chi connectivity index (χ0n) is 10.8. The normalized spacial score (nSPS) is 26.7. The molecule has 2 aromatic carbocycles. The molecule has 2 heteroatoms. The molecule has 0 unspecified atom stereocenters. The van der Waals surface area contributed by atoms with Crippen molar-refractivity contribution in [1.82, 2.24) is 0 Å². The molecule has 2 aromatic rings. The van der Waals surface area contributed by atoms with Gasteiger partial charge in [0, 0.05) is 11.8 Å². The van der Waals surface area contributed by atoms with Crippen molar-refractivity contribution in [2.45, 2.75) is 24.4 Å². The van der Waals surface area contributed by atoms with Gasteiger partial charge in [0.25, 0.3) is 0 Å². The van der Waals surface area contributed by atoms with Gasteiger partial charge in [-0.1, -0.05) is 30.3 Å². The molecule has 3 aliphatic rings. The summed E-state index contributed by atoms with van der Waals surface area (Å²) in [5.74, 6) is 1.33. The highest BCUT2D eigenvalue weighted by Gasteiger charge is 2.42. The maximum Gasteiger partial charge on any atom is 0.119 e. The number of hydrogen-bond donors (Lipinski definition) is 1. The van der Waals surface area contributed by atoms with E-state index in [1.165, 1.54) is 22.3 Å². The molecule has 0 amide bonds. The van der Waals surface area contributed by atoms with Gasteiger partial charge in [0.15, 0.2) is 0 Å². The highest BCUT2D eigenvalue weighted by atomic mass is 16.5. The van der Waals surface area contributed by atoms with Crippen LogP contribution in [0.5, 0.6) is 5.75 Å². The lowest BCUT2D eigenvalue weighted by Crippen LogP contribution is -2.35. The van der Waals surface area contributed by atoms with Gasteiger partial charge in [-0.3, -0.25) is 0 Å². The van der Waals surface area contributed by atoms with E-state index in [1.54, 1.807) is 7.11 Å². The molecule has 0 radical (unpaired) electrons. The molecule has 0 aliphatic heterocycles. The molecule has 0 fully saturated rings. The van der Waals surface area contributed by atoms with Crippen LogP contribution in [0.4, 0.5) is 0 Å². The lowest BCUT2D eigenvalue weighted by molar-refractivity contribution is 0.124. The average molecular weight is 252 g/mol. The Morgan fingerprint density at radius 2 is 1.74 bits per heavy atom. The molecule has 0 heterocycles. The highest BCUT2D eigenvalue weighted by Crippen LogP contribution is 2.53. The molecule has 2 bridgehead atoms. The first-order valence-corrected chi connectivity index (χ1v) is 6.74. The number of aliphatic hydroxyl groups is 1. The van der Waals surface area contributed by atoms with Crippen molar-refractivity contribution in [3.8, 4) is 5.75 Å². The Labute approximate surface area is 112 Å². The van der Waals surface area contributed by atoms with Crippen LogP contribution in [0.15, 0.2) is 42.5 Å². The van der Waals surface area contributed by atoms with Gasteiger partial charge in [-0.25, -0.2) is 0 Å². The highest BCUT2D eigenvalue weighted by molar-refractivity contribution is 5.57. The van der Waals surface area contributed by atoms with Crippen molar-refractivity contribution >= 4 is 0 Å². The van der Waals surface area contributed by atoms with Crippen molar-refractivity contribution in [2.75, 3.05) is 7.11 Å². The van der Waals surface area contributed by atoms with E-state index < -0.39 is 0 Å². The Morgan fingerprint density at radius 3 is 2.53 bits per heavy atom. The summed E-state index contributed by atoms with van der Waals surface area (Å²) < 4.78 is 5.34. The molecule has 0 saturated heterocycles. The second-order valence-electron chi connectivity index (χ2n) is 5.46. The van der Waals surface area contributed by atoms with Crippen molar-refractivity contribution in [1.29, 1.82) is 0 Å². The molecule has 5 rings (SSSR count). The van der Waals surface area contributed by atoms with Crippen LogP contribution in [0.3, 0.4) is 0 Å². The summed E-state index contributed by atoms with van der Waals surface area (Å²) in [7, 11) is 1.70. The zero-order valence-corrected chi connectivity index (χ0v) is 10.8. The van der Waals surface area contributed by atoms with E-state index in [0.29, 0.717) is 5.92 Å². The molecule has 3 aliphatic carbocycles. The van der Waals surface area contributed by atoms with Crippen LogP contribution in [0, 0.1) is 0 Å². The number of fused-ring (bicyclic) bond motifs is 1. The first-order valence-electron chi connectivity index (χ1n) is 6.74. The predicted octanol–water partition coefficient (Wildman–Crippen LogP) is 3.04. The Balaban J connectivity index is 1.97. The van der Waals surface area contributed by atoms with E-state index >= 15 is 0 Å². The van der Waals surface area contributed by atoms with Crippen LogP contribution in [0.1, 0.15) is 40.5 Å². The molecule has 3 atom stereocenters. The maximum atomic E-state index is 10.4. The third-order valence-electron chi connectivity index (χ3n) is 4.57. The van der Waals surface area contributed by atoms with Crippen molar-refractivity contribution in [3.63, 3.8) is 0 Å². The van der Waals surface area contributed by atoms with Gasteiger partial charge in [-0.2, -0.15) is 0 Å². The third kappa shape index (κ3) is 1.41. The number of methoxy groups -OCH3 is 1. The number of aliphatic hydroxyl groups excluding tert-OH is 1. The smallest absolute Gasteiger partial charge is 0.119 e. The van der Waals surface area contributed by atoms with Gasteiger partial charge in [-0.15, -0.1) is 0 Å². The van der Waals surface area contributed by atoms with Crippen molar-refractivity contribution in [2.24, 2.45) is 0 Å². The van der Waals surface area contributed by atoms with E-state index in [2.05, 4.69) is 36.4 Å². The fourth-order valence-corrected chi connectivity index (χ4v) is 3.76. The van der Waals surface area contributed by atoms with Crippen molar-refractivity contribution < 1.29 is 9.84 Å². The SMILES string of the molecule is COc1ccc2c(c1)[C@H]1C[C@@H](O)[C@@H]2c2ccccc21. The fraction of sp³-hybridized carbons (Fsp3) is 0.294. The van der Waals surface area contributed by atoms with E-state index in [4.69, 9.17) is 4.74 Å². The van der Waals surface area contributed by atoms with E-state index in [9.17, 15) is 5.11 Å². The topological polar surface area (TPSA) is 29.5 Å². The molecule has 0 saturated carbocycles. The molecule has 2 nitrogen and oxygen atoms in total. The molecule has 0 spiro atoms. The Bertz CT molecular complexity index is 647. The van der Waals surface area contributed by atoms with Crippen LogP contribution >= 0.6 is 0 Å². The molecule has 1 N–H and O–H groups in total. The molecular formula is C17H16O2. The number of ether oxygens (including phenoxy) is 1. The third-order valence-corrected chi connectivity index (χ3v) is 4.57. The van der Waals surface area contributed by atoms with Crippen LogP contribution in [0.25, 0.3) is 0 Å². The lowest BCUT2D eigenvalue weighted by atomic mass is 9.62. The van der Waals surface area contributed by atoms with Gasteiger partial charge in [0.1, 0.15) is 5.75 Å². The standard InChI is InChI=1S/C17H16O2/c1-19-10-6-7-13-14(8-10)15-9-16(18)17(13)12-5-3-2-4-11(12)15/h2-8,15-18H,9H2,1H3/t15-,16+,17+/m0/s1.